The summed E-state index contributed by atoms with van der Waals surface area (Å²) in [4.78, 5) is 33.1. The highest BCUT2D eigenvalue weighted by molar-refractivity contribution is 5.97. The number of nitrogens with two attached hydrogens (primary N) is 1. The van der Waals surface area contributed by atoms with Crippen LogP contribution in [-0.4, -0.2) is 76.2 Å². The number of hydrogen-bond donors (Lipinski definition) is 1. The lowest BCUT2D eigenvalue weighted by Crippen LogP contribution is -2.59. The molecule has 3 heterocycles. The number of carbonyl (C=O) groups excluding carboxylic acids is 2. The number of hydrogen-bond acceptors (Lipinski definition) is 6. The summed E-state index contributed by atoms with van der Waals surface area (Å²) >= 11 is 0. The Labute approximate surface area is 180 Å². The molecule has 9 nitrogen and oxygen atoms in total. The molecule has 1 aromatic carbocycles. The molecule has 0 radical (unpaired) electrons. The first kappa shape index (κ1) is 20.5. The molecule has 1 fully saturated rings. The van der Waals surface area contributed by atoms with Crippen molar-refractivity contribution in [2.45, 2.75) is 6.04 Å². The van der Waals surface area contributed by atoms with Crippen LogP contribution in [0.2, 0.25) is 0 Å². The Hall–Kier alpha value is -3.72. The van der Waals surface area contributed by atoms with Crippen molar-refractivity contribution in [3.05, 3.63) is 60.4 Å². The van der Waals surface area contributed by atoms with Crippen LogP contribution in [0, 0.1) is 0 Å². The average molecular weight is 420 g/mol. The number of methoxy groups -OCH3 is 1. The maximum atomic E-state index is 13.3. The number of primary amides is 1. The maximum absolute atomic E-state index is 13.3. The van der Waals surface area contributed by atoms with E-state index in [9.17, 15) is 9.59 Å². The molecule has 1 aliphatic rings. The molecular formula is C22H24N6O3. The van der Waals surface area contributed by atoms with Gasteiger partial charge in [0.15, 0.2) is 5.69 Å². The lowest BCUT2D eigenvalue weighted by atomic mass is 10.1. The zero-order valence-corrected chi connectivity index (χ0v) is 17.4. The Morgan fingerprint density at radius 1 is 1.13 bits per heavy atom. The van der Waals surface area contributed by atoms with Gasteiger partial charge >= 0.3 is 0 Å². The number of pyridine rings is 1. The first-order valence-electron chi connectivity index (χ1n) is 9.92. The van der Waals surface area contributed by atoms with E-state index in [2.05, 4.69) is 10.1 Å². The molecule has 3 aromatic rings. The number of carbonyl (C=O) groups is 2. The fourth-order valence-corrected chi connectivity index (χ4v) is 3.67. The molecule has 0 aliphatic carbocycles. The number of nitrogens with zero attached hydrogens (tertiary/aromatic N) is 5. The summed E-state index contributed by atoms with van der Waals surface area (Å²) in [7, 11) is 3.45. The van der Waals surface area contributed by atoms with Gasteiger partial charge in [-0.2, -0.15) is 5.10 Å². The van der Waals surface area contributed by atoms with E-state index in [0.717, 1.165) is 11.3 Å². The highest BCUT2D eigenvalue weighted by Gasteiger charge is 2.34. The predicted octanol–water partition coefficient (Wildman–Crippen LogP) is 1.18. The molecule has 2 amide bonds. The number of piperazine rings is 1. The highest BCUT2D eigenvalue weighted by atomic mass is 16.5. The normalized spacial score (nSPS) is 16.8. The molecule has 0 saturated carbocycles. The Morgan fingerprint density at radius 3 is 2.55 bits per heavy atom. The minimum Gasteiger partial charge on any atom is -0.481 e. The van der Waals surface area contributed by atoms with Crippen LogP contribution in [0.15, 0.2) is 54.7 Å². The molecular weight excluding hydrogens is 396 g/mol. The van der Waals surface area contributed by atoms with Gasteiger partial charge in [0.05, 0.1) is 24.7 Å². The van der Waals surface area contributed by atoms with E-state index in [0.29, 0.717) is 31.2 Å². The molecule has 4 rings (SSSR count). The van der Waals surface area contributed by atoms with Gasteiger partial charge < -0.3 is 20.3 Å². The molecule has 31 heavy (non-hydrogen) atoms. The van der Waals surface area contributed by atoms with Gasteiger partial charge in [-0.25, -0.2) is 9.67 Å². The van der Waals surface area contributed by atoms with Crippen molar-refractivity contribution in [3.8, 4) is 22.8 Å². The molecule has 2 N–H and O–H groups in total. The van der Waals surface area contributed by atoms with E-state index in [1.807, 2.05) is 48.3 Å². The van der Waals surface area contributed by atoms with Crippen LogP contribution >= 0.6 is 0 Å². The van der Waals surface area contributed by atoms with E-state index >= 15 is 0 Å². The maximum Gasteiger partial charge on any atom is 0.275 e. The number of rotatable bonds is 5. The third-order valence-corrected chi connectivity index (χ3v) is 5.35. The van der Waals surface area contributed by atoms with E-state index in [4.69, 9.17) is 10.5 Å². The van der Waals surface area contributed by atoms with E-state index in [-0.39, 0.29) is 11.6 Å². The first-order chi connectivity index (χ1) is 15.0. The Balaban J connectivity index is 1.75. The van der Waals surface area contributed by atoms with Gasteiger partial charge in [-0.1, -0.05) is 30.3 Å². The first-order valence-corrected chi connectivity index (χ1v) is 9.92. The molecule has 9 heteroatoms. The van der Waals surface area contributed by atoms with Gasteiger partial charge in [-0.15, -0.1) is 0 Å². The van der Waals surface area contributed by atoms with Crippen molar-refractivity contribution in [1.82, 2.24) is 24.6 Å². The number of ether oxygens (including phenoxy) is 1. The third kappa shape index (κ3) is 4.13. The van der Waals surface area contributed by atoms with Gasteiger partial charge in [0.1, 0.15) is 6.04 Å². The minimum atomic E-state index is -0.695. The molecule has 1 saturated heterocycles. The van der Waals surface area contributed by atoms with Crippen LogP contribution in [0.25, 0.3) is 16.9 Å². The van der Waals surface area contributed by atoms with Crippen LogP contribution in [0.4, 0.5) is 0 Å². The monoisotopic (exact) mass is 420 g/mol. The van der Waals surface area contributed by atoms with Crippen LogP contribution in [0.3, 0.4) is 0 Å². The lowest BCUT2D eigenvalue weighted by molar-refractivity contribution is -0.124. The van der Waals surface area contributed by atoms with Crippen LogP contribution in [0.1, 0.15) is 10.5 Å². The minimum absolute atomic E-state index is 0.241. The van der Waals surface area contributed by atoms with Crippen molar-refractivity contribution in [1.29, 1.82) is 0 Å². The smallest absolute Gasteiger partial charge is 0.275 e. The Kier molecular flexibility index (Phi) is 5.68. The fraction of sp³-hybridized carbons (Fsp3) is 0.273. The van der Waals surface area contributed by atoms with Gasteiger partial charge in [0.25, 0.3) is 5.91 Å². The summed E-state index contributed by atoms with van der Waals surface area (Å²) in [5, 5.41) is 4.58. The average Bonchev–Trinajstić information content (AvgIpc) is 3.24. The summed E-state index contributed by atoms with van der Waals surface area (Å²) < 4.78 is 6.81. The quantitative estimate of drug-likeness (QED) is 0.664. The van der Waals surface area contributed by atoms with Crippen molar-refractivity contribution >= 4 is 11.8 Å². The summed E-state index contributed by atoms with van der Waals surface area (Å²) in [5.41, 5.74) is 8.13. The standard InChI is InChI=1S/C22H24N6O3/c1-26-10-11-27(19(14-26)21(23)29)22(30)17-12-18(15-6-4-3-5-7-15)28(25-17)16-8-9-20(31-2)24-13-16/h3-9,12-13,19H,10-11,14H2,1-2H3,(H2,23,29). The van der Waals surface area contributed by atoms with Crippen molar-refractivity contribution < 1.29 is 14.3 Å². The molecule has 0 bridgehead atoms. The highest BCUT2D eigenvalue weighted by Crippen LogP contribution is 2.25. The Morgan fingerprint density at radius 2 is 1.90 bits per heavy atom. The van der Waals surface area contributed by atoms with Crippen molar-refractivity contribution in [3.63, 3.8) is 0 Å². The second-order valence-corrected chi connectivity index (χ2v) is 7.43. The predicted molar refractivity (Wildman–Crippen MR) is 115 cm³/mol. The summed E-state index contributed by atoms with van der Waals surface area (Å²) in [6.45, 7) is 1.46. The Bertz CT molecular complexity index is 1080. The molecule has 2 aromatic heterocycles. The van der Waals surface area contributed by atoms with Gasteiger partial charge in [0, 0.05) is 31.3 Å². The fourth-order valence-electron chi connectivity index (χ4n) is 3.67. The van der Waals surface area contributed by atoms with Crippen LogP contribution in [-0.2, 0) is 4.79 Å². The molecule has 1 unspecified atom stereocenters. The largest absolute Gasteiger partial charge is 0.481 e. The van der Waals surface area contributed by atoms with E-state index in [1.54, 1.807) is 30.1 Å². The van der Waals surface area contributed by atoms with Crippen LogP contribution in [0.5, 0.6) is 5.88 Å². The molecule has 1 atom stereocenters. The molecule has 1 aliphatic heterocycles. The molecule has 160 valence electrons. The summed E-state index contributed by atoms with van der Waals surface area (Å²) in [6.07, 6.45) is 1.63. The van der Waals surface area contributed by atoms with Gasteiger partial charge in [0.2, 0.25) is 11.8 Å². The zero-order valence-electron chi connectivity index (χ0n) is 17.4. The zero-order chi connectivity index (χ0) is 22.0. The summed E-state index contributed by atoms with van der Waals surface area (Å²) in [6, 6.07) is 14.2. The van der Waals surface area contributed by atoms with Crippen LogP contribution < -0.4 is 10.5 Å². The van der Waals surface area contributed by atoms with E-state index < -0.39 is 11.9 Å². The lowest BCUT2D eigenvalue weighted by Gasteiger charge is -2.37. The van der Waals surface area contributed by atoms with Crippen molar-refractivity contribution in [2.24, 2.45) is 5.73 Å². The van der Waals surface area contributed by atoms with E-state index in [1.165, 1.54) is 4.90 Å². The third-order valence-electron chi connectivity index (χ3n) is 5.35. The second-order valence-electron chi connectivity index (χ2n) is 7.43. The number of aromatic nitrogens is 3. The molecule has 0 spiro atoms. The number of benzene rings is 1. The van der Waals surface area contributed by atoms with Crippen molar-refractivity contribution in [2.75, 3.05) is 33.8 Å². The van der Waals surface area contributed by atoms with Gasteiger partial charge in [-0.3, -0.25) is 9.59 Å². The number of likely N-dealkylation sites (N-methyl/N-ethyl adjacent to an activating group) is 1. The van der Waals surface area contributed by atoms with Gasteiger partial charge in [-0.05, 0) is 19.2 Å². The number of amides is 2. The SMILES string of the molecule is COc1ccc(-n2nc(C(=O)N3CCN(C)CC3C(N)=O)cc2-c2ccccc2)cn1. The topological polar surface area (TPSA) is 107 Å². The summed E-state index contributed by atoms with van der Waals surface area (Å²) in [5.74, 6) is -0.369. The second kappa shape index (κ2) is 8.57.